The van der Waals surface area contributed by atoms with E-state index in [1.54, 1.807) is 6.07 Å². The lowest BCUT2D eigenvalue weighted by molar-refractivity contribution is -0.385. The molecule has 5 nitrogen and oxygen atoms in total. The van der Waals surface area contributed by atoms with Gasteiger partial charge in [0.25, 0.3) is 0 Å². The van der Waals surface area contributed by atoms with Crippen molar-refractivity contribution in [2.75, 3.05) is 0 Å². The van der Waals surface area contributed by atoms with Crippen LogP contribution in [0.15, 0.2) is 36.4 Å². The fourth-order valence-electron chi connectivity index (χ4n) is 1.70. The molecule has 2 aromatic rings. The summed E-state index contributed by atoms with van der Waals surface area (Å²) in [6.45, 7) is 0. The number of esters is 1. The second-order valence-electron chi connectivity index (χ2n) is 4.26. The summed E-state index contributed by atoms with van der Waals surface area (Å²) in [6.07, 6.45) is -0.232. The summed E-state index contributed by atoms with van der Waals surface area (Å²) in [5, 5.41) is 11.5. The predicted molar refractivity (Wildman–Crippen MR) is 78.9 cm³/mol. The lowest BCUT2D eigenvalue weighted by Crippen LogP contribution is -2.12. The van der Waals surface area contributed by atoms with E-state index in [1.165, 1.54) is 12.1 Å². The number of nitrogens with zero attached hydrogens (tertiary/aromatic N) is 1. The largest absolute Gasteiger partial charge is 0.419 e. The summed E-state index contributed by atoms with van der Waals surface area (Å²) in [4.78, 5) is 21.9. The van der Waals surface area contributed by atoms with E-state index in [-0.39, 0.29) is 11.4 Å². The number of carbonyl (C=O) groups excluding carboxylic acids is 1. The Kier molecular flexibility index (Phi) is 4.95. The molecular formula is C14H8Cl2FNO4. The number of nitro benzene ring substituents is 1. The van der Waals surface area contributed by atoms with Crippen molar-refractivity contribution >= 4 is 34.9 Å². The first kappa shape index (κ1) is 16.2. The van der Waals surface area contributed by atoms with Crippen LogP contribution in [0.5, 0.6) is 5.75 Å². The summed E-state index contributed by atoms with van der Waals surface area (Å²) in [5.74, 6) is -2.02. The van der Waals surface area contributed by atoms with Gasteiger partial charge in [0.1, 0.15) is 5.82 Å². The van der Waals surface area contributed by atoms with Crippen LogP contribution in [0.1, 0.15) is 5.56 Å². The Balaban J connectivity index is 2.19. The van der Waals surface area contributed by atoms with Crippen LogP contribution in [0, 0.1) is 15.9 Å². The molecule has 0 unspecified atom stereocenters. The Bertz CT molecular complexity index is 752. The first-order valence-electron chi connectivity index (χ1n) is 5.95. The second-order valence-corrected chi connectivity index (χ2v) is 5.10. The van der Waals surface area contributed by atoms with Gasteiger partial charge >= 0.3 is 11.7 Å². The average Bonchev–Trinajstić information content (AvgIpc) is 2.41. The summed E-state index contributed by atoms with van der Waals surface area (Å²) in [7, 11) is 0. The van der Waals surface area contributed by atoms with E-state index in [0.29, 0.717) is 10.6 Å². The Labute approximate surface area is 134 Å². The molecule has 0 radical (unpaired) electrons. The number of hydrogen-bond acceptors (Lipinski definition) is 4. The van der Waals surface area contributed by atoms with Crippen molar-refractivity contribution in [1.82, 2.24) is 0 Å². The molecule has 0 fully saturated rings. The molecule has 0 aliphatic rings. The first-order chi connectivity index (χ1) is 10.4. The number of nitro groups is 1. The minimum atomic E-state index is -0.807. The highest BCUT2D eigenvalue weighted by Gasteiger charge is 2.19. The van der Waals surface area contributed by atoms with Crippen LogP contribution < -0.4 is 4.74 Å². The van der Waals surface area contributed by atoms with Crippen LogP contribution in [0.3, 0.4) is 0 Å². The SMILES string of the molecule is O=C(Cc1ccc(Cl)cc1Cl)Oc1cc(F)ccc1[N+](=O)[O-]. The summed E-state index contributed by atoms with van der Waals surface area (Å²) in [6, 6.07) is 7.14. The molecule has 0 bridgehead atoms. The van der Waals surface area contributed by atoms with Crippen molar-refractivity contribution in [3.8, 4) is 5.75 Å². The molecular weight excluding hydrogens is 336 g/mol. The molecule has 114 valence electrons. The molecule has 0 saturated carbocycles. The number of benzene rings is 2. The van der Waals surface area contributed by atoms with Crippen molar-refractivity contribution in [2.45, 2.75) is 6.42 Å². The molecule has 2 rings (SSSR count). The monoisotopic (exact) mass is 343 g/mol. The molecule has 0 aliphatic carbocycles. The van der Waals surface area contributed by atoms with Crippen molar-refractivity contribution < 1.29 is 18.8 Å². The fraction of sp³-hybridized carbons (Fsp3) is 0.0714. The Morgan fingerprint density at radius 2 is 1.95 bits per heavy atom. The predicted octanol–water partition coefficient (Wildman–Crippen LogP) is 4.19. The van der Waals surface area contributed by atoms with Gasteiger partial charge in [-0.05, 0) is 23.8 Å². The van der Waals surface area contributed by atoms with Crippen LogP contribution in [-0.4, -0.2) is 10.9 Å². The molecule has 0 aliphatic heterocycles. The van der Waals surface area contributed by atoms with Gasteiger partial charge < -0.3 is 4.74 Å². The van der Waals surface area contributed by atoms with Crippen LogP contribution in [0.2, 0.25) is 10.0 Å². The second kappa shape index (κ2) is 6.72. The summed E-state index contributed by atoms with van der Waals surface area (Å²) >= 11 is 11.7. The van der Waals surface area contributed by atoms with E-state index in [0.717, 1.165) is 18.2 Å². The highest BCUT2D eigenvalue weighted by molar-refractivity contribution is 6.35. The van der Waals surface area contributed by atoms with Crippen molar-refractivity contribution in [1.29, 1.82) is 0 Å². The Hall–Kier alpha value is -2.18. The van der Waals surface area contributed by atoms with Crippen LogP contribution in [-0.2, 0) is 11.2 Å². The third-order valence-corrected chi connectivity index (χ3v) is 3.28. The zero-order chi connectivity index (χ0) is 16.3. The zero-order valence-corrected chi connectivity index (χ0v) is 12.4. The Morgan fingerprint density at radius 1 is 1.23 bits per heavy atom. The van der Waals surface area contributed by atoms with Gasteiger partial charge in [-0.15, -0.1) is 0 Å². The van der Waals surface area contributed by atoms with Crippen molar-refractivity contribution in [3.63, 3.8) is 0 Å². The lowest BCUT2D eigenvalue weighted by Gasteiger charge is -2.07. The van der Waals surface area contributed by atoms with E-state index >= 15 is 0 Å². The standard InChI is InChI=1S/C14H8Cl2FNO4/c15-9-2-1-8(11(16)6-9)5-14(19)22-13-7-10(17)3-4-12(13)18(20)21/h1-4,6-7H,5H2. The topological polar surface area (TPSA) is 69.4 Å². The highest BCUT2D eigenvalue weighted by atomic mass is 35.5. The van der Waals surface area contributed by atoms with Gasteiger partial charge in [-0.2, -0.15) is 0 Å². The smallest absolute Gasteiger partial charge is 0.315 e. The highest BCUT2D eigenvalue weighted by Crippen LogP contribution is 2.28. The maximum Gasteiger partial charge on any atom is 0.315 e. The normalized spacial score (nSPS) is 10.3. The Morgan fingerprint density at radius 3 is 2.59 bits per heavy atom. The maximum atomic E-state index is 13.1. The zero-order valence-electron chi connectivity index (χ0n) is 10.9. The molecule has 2 aromatic carbocycles. The molecule has 0 saturated heterocycles. The van der Waals surface area contributed by atoms with Crippen LogP contribution in [0.4, 0.5) is 10.1 Å². The third kappa shape index (κ3) is 3.93. The van der Waals surface area contributed by atoms with Gasteiger partial charge in [-0.3, -0.25) is 14.9 Å². The van der Waals surface area contributed by atoms with E-state index in [2.05, 4.69) is 0 Å². The van der Waals surface area contributed by atoms with Gasteiger partial charge in [-0.25, -0.2) is 4.39 Å². The maximum absolute atomic E-state index is 13.1. The molecule has 0 amide bonds. The van der Waals surface area contributed by atoms with Gasteiger partial charge in [0.15, 0.2) is 0 Å². The molecule has 0 heterocycles. The summed E-state index contributed by atoms with van der Waals surface area (Å²) < 4.78 is 18.0. The molecule has 22 heavy (non-hydrogen) atoms. The molecule has 0 N–H and O–H groups in total. The number of rotatable bonds is 4. The van der Waals surface area contributed by atoms with Gasteiger partial charge in [0.05, 0.1) is 11.3 Å². The van der Waals surface area contributed by atoms with Crippen LogP contribution >= 0.6 is 23.2 Å². The van der Waals surface area contributed by atoms with E-state index in [4.69, 9.17) is 27.9 Å². The van der Waals surface area contributed by atoms with Crippen molar-refractivity contribution in [3.05, 3.63) is 67.9 Å². The molecule has 0 atom stereocenters. The summed E-state index contributed by atoms with van der Waals surface area (Å²) in [5.41, 5.74) is -0.0629. The average molecular weight is 344 g/mol. The first-order valence-corrected chi connectivity index (χ1v) is 6.71. The third-order valence-electron chi connectivity index (χ3n) is 2.69. The van der Waals surface area contributed by atoms with E-state index < -0.39 is 28.1 Å². The van der Waals surface area contributed by atoms with Crippen LogP contribution in [0.25, 0.3) is 0 Å². The molecule has 0 aromatic heterocycles. The lowest BCUT2D eigenvalue weighted by atomic mass is 10.1. The number of ether oxygens (including phenoxy) is 1. The van der Waals surface area contributed by atoms with Gasteiger partial charge in [-0.1, -0.05) is 29.3 Å². The van der Waals surface area contributed by atoms with E-state index in [9.17, 15) is 19.3 Å². The van der Waals surface area contributed by atoms with Crippen molar-refractivity contribution in [2.24, 2.45) is 0 Å². The van der Waals surface area contributed by atoms with E-state index in [1.807, 2.05) is 0 Å². The fourth-order valence-corrected chi connectivity index (χ4v) is 2.18. The minimum Gasteiger partial charge on any atom is -0.419 e. The molecule has 0 spiro atoms. The number of halogens is 3. The number of hydrogen-bond donors (Lipinski definition) is 0. The van der Waals surface area contributed by atoms with Gasteiger partial charge in [0, 0.05) is 22.2 Å². The van der Waals surface area contributed by atoms with Gasteiger partial charge in [0.2, 0.25) is 5.75 Å². The number of carbonyl (C=O) groups is 1. The quantitative estimate of drug-likeness (QED) is 0.361. The molecule has 8 heteroatoms. The minimum absolute atomic E-state index is 0.232.